The fourth-order valence-corrected chi connectivity index (χ4v) is 3.24. The molecular weight excluding hydrogens is 332 g/mol. The molecular formula is C19H28N4O3. The minimum absolute atomic E-state index is 0.0144. The zero-order chi connectivity index (χ0) is 18.5. The molecule has 26 heavy (non-hydrogen) atoms. The predicted molar refractivity (Wildman–Crippen MR) is 99.7 cm³/mol. The molecule has 0 spiro atoms. The molecule has 0 N–H and O–H groups in total. The van der Waals surface area contributed by atoms with Gasteiger partial charge in [-0.3, -0.25) is 9.47 Å². The Labute approximate surface area is 154 Å². The van der Waals surface area contributed by atoms with Crippen LogP contribution in [0.15, 0.2) is 23.0 Å². The van der Waals surface area contributed by atoms with Gasteiger partial charge in [0.25, 0.3) is 0 Å². The lowest BCUT2D eigenvalue weighted by Crippen LogP contribution is -2.37. The fraction of sp³-hybridized carbons (Fsp3) is 0.579. The van der Waals surface area contributed by atoms with Crippen molar-refractivity contribution in [3.8, 4) is 11.5 Å². The highest BCUT2D eigenvalue weighted by Gasteiger charge is 2.22. The lowest BCUT2D eigenvalue weighted by molar-refractivity contribution is 0.207. The first-order valence-electron chi connectivity index (χ1n) is 9.34. The van der Waals surface area contributed by atoms with Gasteiger partial charge in [-0.25, -0.2) is 9.48 Å². The highest BCUT2D eigenvalue weighted by Crippen LogP contribution is 2.29. The first-order chi connectivity index (χ1) is 12.7. The Hall–Kier alpha value is -2.28. The van der Waals surface area contributed by atoms with Gasteiger partial charge < -0.3 is 9.47 Å². The number of ether oxygens (including phenoxy) is 2. The summed E-state index contributed by atoms with van der Waals surface area (Å²) < 4.78 is 14.6. The van der Waals surface area contributed by atoms with Crippen LogP contribution in [0.25, 0.3) is 0 Å². The zero-order valence-electron chi connectivity index (χ0n) is 15.9. The number of fused-ring (bicyclic) bond motifs is 1. The summed E-state index contributed by atoms with van der Waals surface area (Å²) in [6, 6.07) is 6.08. The lowest BCUT2D eigenvalue weighted by Gasteiger charge is -2.26. The third-order valence-corrected chi connectivity index (χ3v) is 4.54. The summed E-state index contributed by atoms with van der Waals surface area (Å²) in [5.41, 5.74) is 1.18. The predicted octanol–water partition coefficient (Wildman–Crippen LogP) is 2.27. The Morgan fingerprint density at radius 1 is 1.15 bits per heavy atom. The zero-order valence-corrected chi connectivity index (χ0v) is 15.9. The van der Waals surface area contributed by atoms with Crippen LogP contribution in [0, 0.1) is 0 Å². The van der Waals surface area contributed by atoms with Crippen molar-refractivity contribution in [2.75, 3.05) is 20.3 Å². The summed E-state index contributed by atoms with van der Waals surface area (Å²) in [6.45, 7) is 8.49. The third kappa shape index (κ3) is 3.93. The maximum absolute atomic E-state index is 12.3. The molecule has 142 valence electrons. The van der Waals surface area contributed by atoms with Gasteiger partial charge in [0.05, 0.1) is 20.3 Å². The van der Waals surface area contributed by atoms with Crippen LogP contribution in [0.1, 0.15) is 38.1 Å². The van der Waals surface area contributed by atoms with Gasteiger partial charge in [-0.2, -0.15) is 5.10 Å². The second-order valence-electron chi connectivity index (χ2n) is 6.62. The molecule has 2 aromatic rings. The molecule has 0 radical (unpaired) electrons. The van der Waals surface area contributed by atoms with Gasteiger partial charge in [0, 0.05) is 26.2 Å². The van der Waals surface area contributed by atoms with E-state index in [0.717, 1.165) is 48.8 Å². The normalized spacial score (nSPS) is 14.3. The second kappa shape index (κ2) is 8.40. The SMILES string of the molecule is CCCOc1ccc(CN2CCn3c(nn(CCC)c3=O)C2)cc1OC. The Balaban J connectivity index is 1.70. The van der Waals surface area contributed by atoms with E-state index >= 15 is 0 Å². The molecule has 2 heterocycles. The van der Waals surface area contributed by atoms with Crippen LogP contribution in [-0.4, -0.2) is 39.5 Å². The van der Waals surface area contributed by atoms with Crippen molar-refractivity contribution in [1.82, 2.24) is 19.2 Å². The number of aryl methyl sites for hydroxylation is 1. The molecule has 0 saturated carbocycles. The van der Waals surface area contributed by atoms with Crippen molar-refractivity contribution in [1.29, 1.82) is 0 Å². The van der Waals surface area contributed by atoms with Gasteiger partial charge in [0.1, 0.15) is 5.82 Å². The van der Waals surface area contributed by atoms with Gasteiger partial charge in [-0.1, -0.05) is 19.9 Å². The van der Waals surface area contributed by atoms with E-state index in [9.17, 15) is 4.79 Å². The van der Waals surface area contributed by atoms with Crippen LogP contribution in [0.2, 0.25) is 0 Å². The summed E-state index contributed by atoms with van der Waals surface area (Å²) >= 11 is 0. The molecule has 0 bridgehead atoms. The highest BCUT2D eigenvalue weighted by atomic mass is 16.5. The standard InChI is InChI=1S/C19H28N4O3/c1-4-8-23-19(24)22-10-9-21(14-18(22)20-23)13-15-6-7-16(26-11-5-2)17(12-15)25-3/h6-7,12H,4-5,8-11,13-14H2,1-3H3. The van der Waals surface area contributed by atoms with E-state index in [4.69, 9.17) is 9.47 Å². The summed E-state index contributed by atoms with van der Waals surface area (Å²) in [4.78, 5) is 14.6. The van der Waals surface area contributed by atoms with Crippen molar-refractivity contribution in [3.05, 3.63) is 40.1 Å². The van der Waals surface area contributed by atoms with Gasteiger partial charge in [0.15, 0.2) is 11.5 Å². The summed E-state index contributed by atoms with van der Waals surface area (Å²) in [7, 11) is 1.66. The van der Waals surface area contributed by atoms with Crippen LogP contribution >= 0.6 is 0 Å². The van der Waals surface area contributed by atoms with Crippen LogP contribution < -0.4 is 15.2 Å². The lowest BCUT2D eigenvalue weighted by atomic mass is 10.1. The molecule has 7 nitrogen and oxygen atoms in total. The van der Waals surface area contributed by atoms with Gasteiger partial charge in [0.2, 0.25) is 0 Å². The Morgan fingerprint density at radius 3 is 2.73 bits per heavy atom. The number of hydrogen-bond donors (Lipinski definition) is 0. The summed E-state index contributed by atoms with van der Waals surface area (Å²) in [5, 5.41) is 4.49. The molecule has 7 heteroatoms. The largest absolute Gasteiger partial charge is 0.493 e. The van der Waals surface area contributed by atoms with Gasteiger partial charge in [-0.15, -0.1) is 0 Å². The third-order valence-electron chi connectivity index (χ3n) is 4.54. The van der Waals surface area contributed by atoms with Crippen LogP contribution in [0.3, 0.4) is 0 Å². The molecule has 1 aliphatic rings. The molecule has 1 aromatic carbocycles. The number of nitrogens with zero attached hydrogens (tertiary/aromatic N) is 4. The molecule has 0 saturated heterocycles. The summed E-state index contributed by atoms with van der Waals surface area (Å²) in [5.74, 6) is 2.39. The van der Waals surface area contributed by atoms with E-state index in [0.29, 0.717) is 26.2 Å². The Kier molecular flexibility index (Phi) is 5.98. The number of rotatable bonds is 8. The van der Waals surface area contributed by atoms with Gasteiger partial charge >= 0.3 is 5.69 Å². The maximum Gasteiger partial charge on any atom is 0.345 e. The van der Waals surface area contributed by atoms with E-state index in [1.54, 1.807) is 16.4 Å². The van der Waals surface area contributed by atoms with Crippen molar-refractivity contribution >= 4 is 0 Å². The van der Waals surface area contributed by atoms with E-state index in [1.165, 1.54) is 0 Å². The van der Waals surface area contributed by atoms with Crippen LogP contribution in [0.4, 0.5) is 0 Å². The van der Waals surface area contributed by atoms with Crippen LogP contribution in [-0.2, 0) is 26.2 Å². The highest BCUT2D eigenvalue weighted by molar-refractivity contribution is 5.43. The van der Waals surface area contributed by atoms with Gasteiger partial charge in [-0.05, 0) is 30.5 Å². The van der Waals surface area contributed by atoms with Crippen molar-refractivity contribution < 1.29 is 9.47 Å². The maximum atomic E-state index is 12.3. The second-order valence-corrected chi connectivity index (χ2v) is 6.62. The van der Waals surface area contributed by atoms with Crippen molar-refractivity contribution in [2.24, 2.45) is 0 Å². The van der Waals surface area contributed by atoms with Crippen molar-refractivity contribution in [2.45, 2.75) is 52.9 Å². The average molecular weight is 360 g/mol. The average Bonchev–Trinajstić information content (AvgIpc) is 2.96. The molecule has 3 rings (SSSR count). The number of hydrogen-bond acceptors (Lipinski definition) is 5. The number of benzene rings is 1. The first-order valence-corrected chi connectivity index (χ1v) is 9.34. The summed E-state index contributed by atoms with van der Waals surface area (Å²) in [6.07, 6.45) is 1.87. The minimum Gasteiger partial charge on any atom is -0.493 e. The Morgan fingerprint density at radius 2 is 2.00 bits per heavy atom. The molecule has 0 amide bonds. The van der Waals surface area contributed by atoms with E-state index in [-0.39, 0.29) is 5.69 Å². The molecule has 0 fully saturated rings. The molecule has 1 aromatic heterocycles. The topological polar surface area (TPSA) is 61.5 Å². The number of methoxy groups -OCH3 is 1. The first kappa shape index (κ1) is 18.5. The quantitative estimate of drug-likeness (QED) is 0.723. The van der Waals surface area contributed by atoms with E-state index in [2.05, 4.69) is 29.9 Å². The monoisotopic (exact) mass is 360 g/mol. The van der Waals surface area contributed by atoms with E-state index < -0.39 is 0 Å². The molecule has 0 unspecified atom stereocenters. The number of aromatic nitrogens is 3. The molecule has 0 atom stereocenters. The van der Waals surface area contributed by atoms with E-state index in [1.807, 2.05) is 12.1 Å². The fourth-order valence-electron chi connectivity index (χ4n) is 3.24. The minimum atomic E-state index is 0.0144. The smallest absolute Gasteiger partial charge is 0.345 e. The van der Waals surface area contributed by atoms with Crippen molar-refractivity contribution in [3.63, 3.8) is 0 Å². The molecule has 0 aliphatic carbocycles. The van der Waals surface area contributed by atoms with Crippen LogP contribution in [0.5, 0.6) is 11.5 Å². The molecule has 1 aliphatic heterocycles. The Bertz CT molecular complexity index is 797.